The molecule has 17 heavy (non-hydrogen) atoms. The minimum Gasteiger partial charge on any atom is -0.324 e. The second-order valence-electron chi connectivity index (χ2n) is 4.03. The van der Waals surface area contributed by atoms with Gasteiger partial charge in [-0.1, -0.05) is 59.1 Å². The van der Waals surface area contributed by atoms with Crippen molar-refractivity contribution >= 4 is 39.1 Å². The van der Waals surface area contributed by atoms with Crippen LogP contribution in [-0.4, -0.2) is 9.69 Å². The van der Waals surface area contributed by atoms with Gasteiger partial charge in [-0.2, -0.15) is 0 Å². The van der Waals surface area contributed by atoms with Crippen molar-refractivity contribution in [3.63, 3.8) is 0 Å². The molecule has 1 aromatic rings. The first-order valence-electron chi connectivity index (χ1n) is 5.69. The number of carbonyl (C=O) groups excluding carboxylic acids is 1. The van der Waals surface area contributed by atoms with Gasteiger partial charge in [0.05, 0.1) is 0 Å². The van der Waals surface area contributed by atoms with Gasteiger partial charge in [-0.25, -0.2) is 0 Å². The third-order valence-electron chi connectivity index (χ3n) is 2.67. The Morgan fingerprint density at radius 3 is 2.65 bits per heavy atom. The molecule has 0 spiro atoms. The SMILES string of the molecule is CCc1cc(C)ccc1NC(=O)C(Cl)(Br)CC. The van der Waals surface area contributed by atoms with Gasteiger partial charge in [0.15, 0.2) is 3.78 Å². The Morgan fingerprint density at radius 1 is 1.47 bits per heavy atom. The zero-order valence-corrected chi connectivity index (χ0v) is 12.7. The van der Waals surface area contributed by atoms with E-state index >= 15 is 0 Å². The lowest BCUT2D eigenvalue weighted by Gasteiger charge is -2.18. The highest BCUT2D eigenvalue weighted by atomic mass is 79.9. The summed E-state index contributed by atoms with van der Waals surface area (Å²) in [6, 6.07) is 5.97. The molecule has 0 saturated carbocycles. The number of anilines is 1. The van der Waals surface area contributed by atoms with Gasteiger partial charge in [0.2, 0.25) is 0 Å². The maximum atomic E-state index is 11.9. The summed E-state index contributed by atoms with van der Waals surface area (Å²) in [6.45, 7) is 5.96. The zero-order valence-electron chi connectivity index (χ0n) is 10.3. The van der Waals surface area contributed by atoms with E-state index in [1.165, 1.54) is 5.56 Å². The van der Waals surface area contributed by atoms with Gasteiger partial charge in [0, 0.05) is 5.69 Å². The van der Waals surface area contributed by atoms with Gasteiger partial charge in [-0.3, -0.25) is 4.79 Å². The van der Waals surface area contributed by atoms with Crippen LogP contribution in [0.25, 0.3) is 0 Å². The maximum absolute atomic E-state index is 11.9. The van der Waals surface area contributed by atoms with Gasteiger partial charge in [0.25, 0.3) is 5.91 Å². The molecule has 1 aromatic carbocycles. The lowest BCUT2D eigenvalue weighted by atomic mass is 10.1. The number of halogens is 2. The van der Waals surface area contributed by atoms with Crippen molar-refractivity contribution < 1.29 is 4.79 Å². The van der Waals surface area contributed by atoms with E-state index in [4.69, 9.17) is 11.6 Å². The van der Waals surface area contributed by atoms with Crippen LogP contribution in [0.4, 0.5) is 5.69 Å². The van der Waals surface area contributed by atoms with E-state index in [0.717, 1.165) is 17.7 Å². The maximum Gasteiger partial charge on any atom is 0.256 e. The molecule has 4 heteroatoms. The van der Waals surface area contributed by atoms with E-state index in [-0.39, 0.29) is 5.91 Å². The summed E-state index contributed by atoms with van der Waals surface area (Å²) in [5.41, 5.74) is 3.14. The number of rotatable bonds is 4. The lowest BCUT2D eigenvalue weighted by molar-refractivity contribution is -0.116. The Kier molecular flexibility index (Phi) is 5.02. The van der Waals surface area contributed by atoms with Crippen LogP contribution in [0.5, 0.6) is 0 Å². The first-order chi connectivity index (χ1) is 7.90. The number of aryl methyl sites for hydroxylation is 2. The summed E-state index contributed by atoms with van der Waals surface area (Å²) >= 11 is 9.27. The third kappa shape index (κ3) is 3.71. The number of benzene rings is 1. The van der Waals surface area contributed by atoms with E-state index in [9.17, 15) is 4.79 Å². The van der Waals surface area contributed by atoms with Gasteiger partial charge < -0.3 is 5.32 Å². The first kappa shape index (κ1) is 14.5. The fourth-order valence-electron chi connectivity index (χ4n) is 1.51. The highest BCUT2D eigenvalue weighted by molar-refractivity contribution is 9.10. The molecule has 94 valence electrons. The van der Waals surface area contributed by atoms with Gasteiger partial charge in [-0.05, 0) is 31.4 Å². The van der Waals surface area contributed by atoms with E-state index in [2.05, 4.69) is 34.2 Å². The van der Waals surface area contributed by atoms with Crippen molar-refractivity contribution in [2.75, 3.05) is 5.32 Å². The predicted molar refractivity (Wildman–Crippen MR) is 77.0 cm³/mol. The van der Waals surface area contributed by atoms with E-state index in [0.29, 0.717) is 6.42 Å². The number of hydrogen-bond acceptors (Lipinski definition) is 1. The summed E-state index contributed by atoms with van der Waals surface area (Å²) in [6.07, 6.45) is 1.40. The molecule has 0 aromatic heterocycles. The lowest BCUT2D eigenvalue weighted by Crippen LogP contribution is -2.31. The Hall–Kier alpha value is -0.540. The minimum absolute atomic E-state index is 0.222. The first-order valence-corrected chi connectivity index (χ1v) is 6.86. The molecular weight excluding hydrogens is 302 g/mol. The molecule has 1 rings (SSSR count). The second kappa shape index (κ2) is 5.87. The Labute approximate surface area is 116 Å². The van der Waals surface area contributed by atoms with E-state index in [1.54, 1.807) is 0 Å². The van der Waals surface area contributed by atoms with E-state index in [1.807, 2.05) is 26.0 Å². The number of hydrogen-bond donors (Lipinski definition) is 1. The van der Waals surface area contributed by atoms with Crippen LogP contribution in [0, 0.1) is 6.92 Å². The van der Waals surface area contributed by atoms with Crippen LogP contribution in [0.15, 0.2) is 18.2 Å². The van der Waals surface area contributed by atoms with Gasteiger partial charge in [-0.15, -0.1) is 0 Å². The molecule has 0 fully saturated rings. The highest BCUT2D eigenvalue weighted by Gasteiger charge is 2.31. The van der Waals surface area contributed by atoms with Crippen LogP contribution in [0.2, 0.25) is 0 Å². The normalized spacial score (nSPS) is 14.2. The van der Waals surface area contributed by atoms with Crippen LogP contribution < -0.4 is 5.32 Å². The minimum atomic E-state index is -1.02. The molecule has 0 aliphatic heterocycles. The number of carbonyl (C=O) groups is 1. The van der Waals surface area contributed by atoms with Crippen molar-refractivity contribution in [1.82, 2.24) is 0 Å². The largest absolute Gasteiger partial charge is 0.324 e. The number of amides is 1. The summed E-state index contributed by atoms with van der Waals surface area (Å²) < 4.78 is -1.02. The Balaban J connectivity index is 2.92. The quantitative estimate of drug-likeness (QED) is 0.827. The molecule has 1 amide bonds. The topological polar surface area (TPSA) is 29.1 Å². The van der Waals surface area contributed by atoms with Gasteiger partial charge >= 0.3 is 0 Å². The average Bonchev–Trinajstić information content (AvgIpc) is 2.31. The summed E-state index contributed by atoms with van der Waals surface area (Å²) in [5, 5.41) is 2.86. The molecular formula is C13H17BrClNO. The summed E-state index contributed by atoms with van der Waals surface area (Å²) in [5.74, 6) is -0.222. The molecule has 1 N–H and O–H groups in total. The fourth-order valence-corrected chi connectivity index (χ4v) is 1.66. The van der Waals surface area contributed by atoms with Crippen molar-refractivity contribution in [3.8, 4) is 0 Å². The van der Waals surface area contributed by atoms with Crippen molar-refractivity contribution in [3.05, 3.63) is 29.3 Å². The number of nitrogens with one attached hydrogen (secondary N) is 1. The second-order valence-corrected chi connectivity index (χ2v) is 6.48. The molecule has 0 aliphatic carbocycles. The number of alkyl halides is 2. The molecule has 1 unspecified atom stereocenters. The molecule has 0 radical (unpaired) electrons. The molecule has 0 bridgehead atoms. The van der Waals surface area contributed by atoms with Crippen molar-refractivity contribution in [2.45, 2.75) is 37.4 Å². The molecule has 1 atom stereocenters. The van der Waals surface area contributed by atoms with Crippen LogP contribution in [0.3, 0.4) is 0 Å². The summed E-state index contributed by atoms with van der Waals surface area (Å²) in [4.78, 5) is 11.9. The van der Waals surface area contributed by atoms with E-state index < -0.39 is 3.78 Å². The fraction of sp³-hybridized carbons (Fsp3) is 0.462. The summed E-state index contributed by atoms with van der Waals surface area (Å²) in [7, 11) is 0. The van der Waals surface area contributed by atoms with Crippen LogP contribution in [-0.2, 0) is 11.2 Å². The highest BCUT2D eigenvalue weighted by Crippen LogP contribution is 2.30. The van der Waals surface area contributed by atoms with Crippen LogP contribution >= 0.6 is 27.5 Å². The smallest absolute Gasteiger partial charge is 0.256 e. The van der Waals surface area contributed by atoms with Crippen molar-refractivity contribution in [1.29, 1.82) is 0 Å². The average molecular weight is 319 g/mol. The van der Waals surface area contributed by atoms with Crippen LogP contribution in [0.1, 0.15) is 31.4 Å². The third-order valence-corrected chi connectivity index (χ3v) is 4.03. The molecule has 0 heterocycles. The van der Waals surface area contributed by atoms with Crippen molar-refractivity contribution in [2.24, 2.45) is 0 Å². The molecule has 2 nitrogen and oxygen atoms in total. The Bertz CT molecular complexity index is 418. The predicted octanol–water partition coefficient (Wildman–Crippen LogP) is 4.24. The monoisotopic (exact) mass is 317 g/mol. The molecule has 0 aliphatic rings. The standard InChI is InChI=1S/C13H17BrClNO/c1-4-10-8-9(3)6-7-11(10)16-12(17)13(14,15)5-2/h6-8H,4-5H2,1-3H3,(H,16,17). The Morgan fingerprint density at radius 2 is 2.12 bits per heavy atom. The van der Waals surface area contributed by atoms with Gasteiger partial charge in [0.1, 0.15) is 0 Å². The zero-order chi connectivity index (χ0) is 13.1. The molecule has 0 saturated heterocycles.